The quantitative estimate of drug-likeness (QED) is 0.819. The first-order valence-corrected chi connectivity index (χ1v) is 9.15. The van der Waals surface area contributed by atoms with Crippen LogP contribution >= 0.6 is 11.6 Å². The highest BCUT2D eigenvalue weighted by Gasteiger charge is 2.24. The van der Waals surface area contributed by atoms with Gasteiger partial charge in [0, 0.05) is 19.6 Å². The molecule has 0 unspecified atom stereocenters. The second-order valence-electron chi connectivity index (χ2n) is 6.27. The summed E-state index contributed by atoms with van der Waals surface area (Å²) in [5.74, 6) is -0.0191. The minimum absolute atomic E-state index is 0.0111. The molecule has 0 aromatic heterocycles. The maximum atomic E-state index is 13.2. The maximum Gasteiger partial charge on any atom is 0.252 e. The number of hydrogen-bond donors (Lipinski definition) is 1. The first-order chi connectivity index (χ1) is 13.1. The van der Waals surface area contributed by atoms with Crippen molar-refractivity contribution >= 4 is 17.5 Å². The number of methoxy groups -OCH3 is 1. The van der Waals surface area contributed by atoms with E-state index in [1.165, 1.54) is 12.1 Å². The summed E-state index contributed by atoms with van der Waals surface area (Å²) in [5.41, 5.74) is 1.33. The van der Waals surface area contributed by atoms with Crippen LogP contribution in [0, 0.1) is 5.82 Å². The minimum atomic E-state index is -0.471. The lowest BCUT2D eigenvalue weighted by atomic mass is 10.0. The summed E-state index contributed by atoms with van der Waals surface area (Å²) < 4.78 is 23.9. The van der Waals surface area contributed by atoms with Crippen LogP contribution in [0.25, 0.3) is 0 Å². The second kappa shape index (κ2) is 9.17. The number of carbonyl (C=O) groups is 1. The van der Waals surface area contributed by atoms with Crippen molar-refractivity contribution in [3.8, 4) is 5.75 Å². The number of hydrogen-bond acceptors (Lipinski definition) is 4. The Balaban J connectivity index is 1.75. The van der Waals surface area contributed by atoms with Gasteiger partial charge in [-0.1, -0.05) is 23.7 Å². The largest absolute Gasteiger partial charge is 0.497 e. The smallest absolute Gasteiger partial charge is 0.252 e. The number of nitrogens with one attached hydrogen (secondary N) is 1. The highest BCUT2D eigenvalue weighted by molar-refractivity contribution is 6.33. The van der Waals surface area contributed by atoms with E-state index in [1.807, 2.05) is 24.3 Å². The third-order valence-corrected chi connectivity index (χ3v) is 4.93. The van der Waals surface area contributed by atoms with Crippen LogP contribution in [0.3, 0.4) is 0 Å². The number of carbonyl (C=O) groups excluding carboxylic acids is 1. The molecule has 1 saturated heterocycles. The molecule has 1 fully saturated rings. The molecule has 1 aliphatic rings. The molecule has 0 radical (unpaired) electrons. The van der Waals surface area contributed by atoms with Crippen molar-refractivity contribution in [2.24, 2.45) is 0 Å². The molecule has 1 aliphatic heterocycles. The Morgan fingerprint density at radius 1 is 1.26 bits per heavy atom. The normalized spacial score (nSPS) is 16.0. The lowest BCUT2D eigenvalue weighted by Crippen LogP contribution is -2.43. The summed E-state index contributed by atoms with van der Waals surface area (Å²) in [4.78, 5) is 14.8. The van der Waals surface area contributed by atoms with Gasteiger partial charge in [0.15, 0.2) is 0 Å². The van der Waals surface area contributed by atoms with Gasteiger partial charge in [-0.15, -0.1) is 0 Å². The first-order valence-electron chi connectivity index (χ1n) is 8.77. The summed E-state index contributed by atoms with van der Waals surface area (Å²) in [5, 5.41) is 3.02. The van der Waals surface area contributed by atoms with Gasteiger partial charge < -0.3 is 14.8 Å². The van der Waals surface area contributed by atoms with Crippen molar-refractivity contribution in [3.63, 3.8) is 0 Å². The van der Waals surface area contributed by atoms with Gasteiger partial charge in [0.05, 0.1) is 37.0 Å². The molecule has 0 spiro atoms. The molecule has 0 aliphatic carbocycles. The zero-order valence-corrected chi connectivity index (χ0v) is 15.8. The predicted molar refractivity (Wildman–Crippen MR) is 102 cm³/mol. The zero-order valence-electron chi connectivity index (χ0n) is 15.1. The Kier molecular flexibility index (Phi) is 6.66. The molecule has 1 N–H and O–H groups in total. The first kappa shape index (κ1) is 19.6. The maximum absolute atomic E-state index is 13.2. The molecular formula is C20H22ClFN2O3. The molecule has 0 bridgehead atoms. The molecule has 7 heteroatoms. The summed E-state index contributed by atoms with van der Waals surface area (Å²) in [6.45, 7) is 3.28. The van der Waals surface area contributed by atoms with Crippen LogP contribution in [0.1, 0.15) is 22.0 Å². The zero-order chi connectivity index (χ0) is 19.2. The van der Waals surface area contributed by atoms with Gasteiger partial charge in [0.1, 0.15) is 11.6 Å². The van der Waals surface area contributed by atoms with Crippen molar-refractivity contribution in [2.45, 2.75) is 6.04 Å². The number of nitrogens with zero attached hydrogens (tertiary/aromatic N) is 1. The minimum Gasteiger partial charge on any atom is -0.497 e. The molecule has 1 heterocycles. The van der Waals surface area contributed by atoms with Gasteiger partial charge in [0.25, 0.3) is 5.91 Å². The predicted octanol–water partition coefficient (Wildman–Crippen LogP) is 3.29. The Bertz CT molecular complexity index is 779. The Hall–Kier alpha value is -2.15. The summed E-state index contributed by atoms with van der Waals surface area (Å²) in [6, 6.07) is 11.5. The summed E-state index contributed by atoms with van der Waals surface area (Å²) in [6.07, 6.45) is 0. The average molecular weight is 393 g/mol. The van der Waals surface area contributed by atoms with Gasteiger partial charge in [-0.25, -0.2) is 4.39 Å². The monoisotopic (exact) mass is 392 g/mol. The Morgan fingerprint density at radius 3 is 2.59 bits per heavy atom. The van der Waals surface area contributed by atoms with Gasteiger partial charge >= 0.3 is 0 Å². The van der Waals surface area contributed by atoms with Gasteiger partial charge in [-0.05, 0) is 35.9 Å². The Morgan fingerprint density at radius 2 is 1.96 bits per heavy atom. The van der Waals surface area contributed by atoms with E-state index in [1.54, 1.807) is 7.11 Å². The van der Waals surface area contributed by atoms with Crippen molar-refractivity contribution < 1.29 is 18.7 Å². The molecule has 2 aromatic rings. The number of rotatable bonds is 6. The van der Waals surface area contributed by atoms with Crippen molar-refractivity contribution in [1.29, 1.82) is 0 Å². The van der Waals surface area contributed by atoms with E-state index in [4.69, 9.17) is 21.1 Å². The molecule has 1 amide bonds. The fourth-order valence-corrected chi connectivity index (χ4v) is 3.38. The molecule has 27 heavy (non-hydrogen) atoms. The fraction of sp³-hybridized carbons (Fsp3) is 0.350. The number of halogens is 2. The highest BCUT2D eigenvalue weighted by Crippen LogP contribution is 2.24. The SMILES string of the molecule is COc1ccc([C@@H](CNC(=O)c2ccc(F)cc2Cl)N2CCOCC2)cc1. The van der Waals surface area contributed by atoms with Crippen LogP contribution < -0.4 is 10.1 Å². The highest BCUT2D eigenvalue weighted by atomic mass is 35.5. The van der Waals surface area contributed by atoms with E-state index >= 15 is 0 Å². The second-order valence-corrected chi connectivity index (χ2v) is 6.68. The van der Waals surface area contributed by atoms with Gasteiger partial charge in [-0.2, -0.15) is 0 Å². The molecule has 144 valence electrons. The molecule has 2 aromatic carbocycles. The molecule has 5 nitrogen and oxygen atoms in total. The van der Waals surface area contributed by atoms with E-state index in [0.717, 1.165) is 30.5 Å². The number of amides is 1. The summed E-state index contributed by atoms with van der Waals surface area (Å²) in [7, 11) is 1.63. The van der Waals surface area contributed by atoms with Gasteiger partial charge in [0.2, 0.25) is 0 Å². The van der Waals surface area contributed by atoms with E-state index < -0.39 is 5.82 Å². The Labute approximate surface area is 163 Å². The molecule has 1 atom stereocenters. The van der Waals surface area contributed by atoms with Gasteiger partial charge in [-0.3, -0.25) is 9.69 Å². The third kappa shape index (κ3) is 4.97. The van der Waals surface area contributed by atoms with E-state index in [-0.39, 0.29) is 22.5 Å². The van der Waals surface area contributed by atoms with Crippen LogP contribution in [-0.4, -0.2) is 50.8 Å². The number of ether oxygens (including phenoxy) is 2. The third-order valence-electron chi connectivity index (χ3n) is 4.62. The summed E-state index contributed by atoms with van der Waals surface area (Å²) >= 11 is 6.00. The van der Waals surface area contributed by atoms with Crippen LogP contribution in [0.15, 0.2) is 42.5 Å². The average Bonchev–Trinajstić information content (AvgIpc) is 2.69. The molecule has 3 rings (SSSR count). The fourth-order valence-electron chi connectivity index (χ4n) is 3.13. The van der Waals surface area contributed by atoms with Crippen LogP contribution in [0.2, 0.25) is 5.02 Å². The lowest BCUT2D eigenvalue weighted by Gasteiger charge is -2.35. The van der Waals surface area contributed by atoms with Crippen LogP contribution in [0.4, 0.5) is 4.39 Å². The van der Waals surface area contributed by atoms with Crippen molar-refractivity contribution in [2.75, 3.05) is 40.0 Å². The lowest BCUT2D eigenvalue weighted by molar-refractivity contribution is 0.0162. The van der Waals surface area contributed by atoms with Crippen molar-refractivity contribution in [1.82, 2.24) is 10.2 Å². The van der Waals surface area contributed by atoms with E-state index in [0.29, 0.717) is 19.8 Å². The van der Waals surface area contributed by atoms with Crippen LogP contribution in [-0.2, 0) is 4.74 Å². The van der Waals surface area contributed by atoms with E-state index in [9.17, 15) is 9.18 Å². The van der Waals surface area contributed by atoms with Crippen molar-refractivity contribution in [3.05, 3.63) is 64.4 Å². The number of benzene rings is 2. The van der Waals surface area contributed by atoms with Crippen LogP contribution in [0.5, 0.6) is 5.75 Å². The standard InChI is InChI=1S/C20H22ClFN2O3/c1-26-16-5-2-14(3-6-16)19(24-8-10-27-11-9-24)13-23-20(25)17-7-4-15(22)12-18(17)21/h2-7,12,19H,8-11,13H2,1H3,(H,23,25)/t19-/m1/s1. The molecular weight excluding hydrogens is 371 g/mol. The number of morpholine rings is 1. The topological polar surface area (TPSA) is 50.8 Å². The molecule has 0 saturated carbocycles. The van der Waals surface area contributed by atoms with E-state index in [2.05, 4.69) is 10.2 Å².